The highest BCUT2D eigenvalue weighted by Gasteiger charge is 2.37. The smallest absolute Gasteiger partial charge is 0.410 e. The highest BCUT2D eigenvalue weighted by atomic mass is 19.1. The van der Waals surface area contributed by atoms with Crippen LogP contribution >= 0.6 is 0 Å². The molecule has 0 spiro atoms. The number of nitrogens with zero attached hydrogens (tertiary/aromatic N) is 3. The van der Waals surface area contributed by atoms with Gasteiger partial charge < -0.3 is 29.5 Å². The SMILES string of the molecule is CNC(=O)C(CCC=O)N1Cc2cc(N3CCN(C(=O)OC(C)(C)C)CC3)c(F)cc2C1=O. The molecule has 2 heterocycles. The predicted octanol–water partition coefficient (Wildman–Crippen LogP) is 1.93. The maximum atomic E-state index is 15.0. The second-order valence-corrected chi connectivity index (χ2v) is 9.22. The number of ether oxygens (including phenoxy) is 1. The van der Waals surface area contributed by atoms with E-state index in [9.17, 15) is 23.6 Å². The van der Waals surface area contributed by atoms with E-state index in [2.05, 4.69) is 5.32 Å². The number of halogens is 1. The van der Waals surface area contributed by atoms with Crippen LogP contribution in [0, 0.1) is 5.82 Å². The number of amides is 3. The lowest BCUT2D eigenvalue weighted by molar-refractivity contribution is -0.125. The standard InChI is InChI=1S/C23H31FN4O5/c1-23(2,3)33-22(32)27-9-7-26(8-10-27)19-12-15-14-28(21(31)16(15)13-17(19)24)18(6-5-11-29)20(30)25-4/h11-13,18H,5-10,14H2,1-4H3,(H,25,30). The first-order chi connectivity index (χ1) is 15.6. The molecule has 0 aliphatic carbocycles. The van der Waals surface area contributed by atoms with Gasteiger partial charge in [0.2, 0.25) is 5.91 Å². The average Bonchev–Trinajstić information content (AvgIpc) is 3.07. The summed E-state index contributed by atoms with van der Waals surface area (Å²) < 4.78 is 20.4. The molecule has 33 heavy (non-hydrogen) atoms. The summed E-state index contributed by atoms with van der Waals surface area (Å²) in [4.78, 5) is 53.1. The monoisotopic (exact) mass is 462 g/mol. The molecule has 1 unspecified atom stereocenters. The van der Waals surface area contributed by atoms with Crippen LogP contribution in [0.1, 0.15) is 49.5 Å². The number of likely N-dealkylation sites (N-methyl/N-ethyl adjacent to an activating group) is 1. The maximum Gasteiger partial charge on any atom is 0.410 e. The third-order valence-corrected chi connectivity index (χ3v) is 5.76. The lowest BCUT2D eigenvalue weighted by atomic mass is 10.1. The van der Waals surface area contributed by atoms with Crippen molar-refractivity contribution in [1.29, 1.82) is 0 Å². The van der Waals surface area contributed by atoms with Crippen molar-refractivity contribution in [3.63, 3.8) is 0 Å². The summed E-state index contributed by atoms with van der Waals surface area (Å²) in [5, 5.41) is 2.53. The summed E-state index contributed by atoms with van der Waals surface area (Å²) in [7, 11) is 1.47. The Bertz CT molecular complexity index is 938. The average molecular weight is 463 g/mol. The van der Waals surface area contributed by atoms with Gasteiger partial charge in [-0.1, -0.05) is 0 Å². The number of anilines is 1. The zero-order chi connectivity index (χ0) is 24.3. The van der Waals surface area contributed by atoms with E-state index < -0.39 is 29.5 Å². The van der Waals surface area contributed by atoms with Crippen molar-refractivity contribution < 1.29 is 28.3 Å². The molecule has 1 fully saturated rings. The number of piperazine rings is 1. The van der Waals surface area contributed by atoms with Crippen molar-refractivity contribution in [2.45, 2.75) is 51.8 Å². The first-order valence-corrected chi connectivity index (χ1v) is 11.1. The van der Waals surface area contributed by atoms with E-state index in [4.69, 9.17) is 4.74 Å². The Morgan fingerprint density at radius 3 is 2.45 bits per heavy atom. The number of carbonyl (C=O) groups excluding carboxylic acids is 4. The van der Waals surface area contributed by atoms with E-state index >= 15 is 0 Å². The van der Waals surface area contributed by atoms with Gasteiger partial charge in [-0.2, -0.15) is 0 Å². The lowest BCUT2D eigenvalue weighted by Gasteiger charge is -2.37. The molecule has 0 saturated carbocycles. The molecule has 0 aromatic heterocycles. The van der Waals surface area contributed by atoms with Crippen LogP contribution in [0.5, 0.6) is 0 Å². The van der Waals surface area contributed by atoms with Gasteiger partial charge in [0.25, 0.3) is 5.91 Å². The molecule has 3 amide bonds. The lowest BCUT2D eigenvalue weighted by Crippen LogP contribution is -2.50. The van der Waals surface area contributed by atoms with Gasteiger partial charge in [0.05, 0.1) is 5.69 Å². The predicted molar refractivity (Wildman–Crippen MR) is 119 cm³/mol. The molecule has 2 aliphatic heterocycles. The van der Waals surface area contributed by atoms with Gasteiger partial charge >= 0.3 is 6.09 Å². The number of carbonyl (C=O) groups is 4. The summed E-state index contributed by atoms with van der Waals surface area (Å²) in [6.07, 6.45) is 0.650. The van der Waals surface area contributed by atoms with Crippen LogP contribution in [0.4, 0.5) is 14.9 Å². The topological polar surface area (TPSA) is 99.3 Å². The fourth-order valence-electron chi connectivity index (χ4n) is 4.12. The van der Waals surface area contributed by atoms with Crippen LogP contribution < -0.4 is 10.2 Å². The van der Waals surface area contributed by atoms with Crippen LogP contribution in [0.3, 0.4) is 0 Å². The molecule has 10 heteroatoms. The van der Waals surface area contributed by atoms with E-state index in [0.717, 1.165) is 0 Å². The normalized spacial score (nSPS) is 17.0. The van der Waals surface area contributed by atoms with Gasteiger partial charge in [0.15, 0.2) is 0 Å². The van der Waals surface area contributed by atoms with E-state index in [1.54, 1.807) is 31.7 Å². The minimum Gasteiger partial charge on any atom is -0.444 e. The van der Waals surface area contributed by atoms with Crippen molar-refractivity contribution >= 4 is 29.9 Å². The van der Waals surface area contributed by atoms with Crippen molar-refractivity contribution in [1.82, 2.24) is 15.1 Å². The van der Waals surface area contributed by atoms with Crippen molar-refractivity contribution in [2.75, 3.05) is 38.1 Å². The minimum atomic E-state index is -0.802. The first kappa shape index (κ1) is 24.5. The summed E-state index contributed by atoms with van der Waals surface area (Å²) in [6.45, 7) is 7.20. The highest BCUT2D eigenvalue weighted by Crippen LogP contribution is 2.32. The fraction of sp³-hybridized carbons (Fsp3) is 0.565. The number of nitrogens with one attached hydrogen (secondary N) is 1. The van der Waals surface area contributed by atoms with Gasteiger partial charge in [0.1, 0.15) is 23.7 Å². The first-order valence-electron chi connectivity index (χ1n) is 11.1. The Morgan fingerprint density at radius 2 is 1.88 bits per heavy atom. The number of aldehydes is 1. The van der Waals surface area contributed by atoms with Crippen molar-refractivity contribution in [3.8, 4) is 0 Å². The fourth-order valence-corrected chi connectivity index (χ4v) is 4.12. The highest BCUT2D eigenvalue weighted by molar-refractivity contribution is 6.01. The van der Waals surface area contributed by atoms with Gasteiger partial charge in [-0.3, -0.25) is 9.59 Å². The molecular weight excluding hydrogens is 431 g/mol. The van der Waals surface area contributed by atoms with Gasteiger partial charge in [-0.15, -0.1) is 0 Å². The second-order valence-electron chi connectivity index (χ2n) is 9.22. The largest absolute Gasteiger partial charge is 0.444 e. The molecule has 1 saturated heterocycles. The molecule has 9 nitrogen and oxygen atoms in total. The van der Waals surface area contributed by atoms with Crippen molar-refractivity contribution in [2.24, 2.45) is 0 Å². The molecule has 0 bridgehead atoms. The van der Waals surface area contributed by atoms with Crippen LogP contribution in [0.15, 0.2) is 12.1 Å². The molecule has 3 rings (SSSR count). The van der Waals surface area contributed by atoms with Crippen LogP contribution in [-0.2, 0) is 20.9 Å². The Morgan fingerprint density at radius 1 is 1.21 bits per heavy atom. The molecular formula is C23H31FN4O5. The molecule has 1 aromatic carbocycles. The number of hydrogen-bond donors (Lipinski definition) is 1. The molecule has 180 valence electrons. The third kappa shape index (κ3) is 5.43. The quantitative estimate of drug-likeness (QED) is 0.649. The minimum absolute atomic E-state index is 0.139. The molecule has 1 N–H and O–H groups in total. The summed E-state index contributed by atoms with van der Waals surface area (Å²) in [6, 6.07) is 2.06. The van der Waals surface area contributed by atoms with E-state index in [1.165, 1.54) is 18.0 Å². The van der Waals surface area contributed by atoms with Crippen molar-refractivity contribution in [3.05, 3.63) is 29.1 Å². The number of rotatable bonds is 6. The maximum absolute atomic E-state index is 15.0. The number of fused-ring (bicyclic) bond motifs is 1. The van der Waals surface area contributed by atoms with Gasteiger partial charge in [-0.05, 0) is 44.9 Å². The van der Waals surface area contributed by atoms with Gasteiger partial charge in [-0.25, -0.2) is 9.18 Å². The summed E-state index contributed by atoms with van der Waals surface area (Å²) >= 11 is 0. The molecule has 2 aliphatic rings. The van der Waals surface area contributed by atoms with Crippen LogP contribution in [-0.4, -0.2) is 78.9 Å². The Labute approximate surface area is 192 Å². The molecule has 1 aromatic rings. The Balaban J connectivity index is 1.74. The van der Waals surface area contributed by atoms with E-state index in [-0.39, 0.29) is 30.9 Å². The molecule has 1 atom stereocenters. The third-order valence-electron chi connectivity index (χ3n) is 5.76. The Kier molecular flexibility index (Phi) is 7.24. The molecule has 0 radical (unpaired) electrons. The van der Waals surface area contributed by atoms with Crippen LogP contribution in [0.25, 0.3) is 0 Å². The number of benzene rings is 1. The van der Waals surface area contributed by atoms with E-state index in [0.29, 0.717) is 43.7 Å². The van der Waals surface area contributed by atoms with E-state index in [1.807, 2.05) is 4.90 Å². The number of hydrogen-bond acceptors (Lipinski definition) is 6. The summed E-state index contributed by atoms with van der Waals surface area (Å²) in [5.74, 6) is -1.32. The zero-order valence-corrected chi connectivity index (χ0v) is 19.5. The van der Waals surface area contributed by atoms with Gasteiger partial charge in [0, 0.05) is 51.8 Å². The second kappa shape index (κ2) is 9.76. The zero-order valence-electron chi connectivity index (χ0n) is 19.5. The summed E-state index contributed by atoms with van der Waals surface area (Å²) in [5.41, 5.74) is 0.628. The van der Waals surface area contributed by atoms with Crippen LogP contribution in [0.2, 0.25) is 0 Å². The Hall–Kier alpha value is -3.17.